The Balaban J connectivity index is 1.87. The van der Waals surface area contributed by atoms with Gasteiger partial charge in [0.25, 0.3) is 5.56 Å². The average Bonchev–Trinajstić information content (AvgIpc) is 2.74. The summed E-state index contributed by atoms with van der Waals surface area (Å²) in [5.74, 6) is -0.169. The SMILES string of the molecule is COc1ccc(C2CN(C(=O)OC(C)(C)C)CCN2C(=O)Cc2c(O)nc[nH]c2=O)cc1. The monoisotopic (exact) mass is 444 g/mol. The van der Waals surface area contributed by atoms with E-state index >= 15 is 0 Å². The van der Waals surface area contributed by atoms with Crippen LogP contribution in [-0.4, -0.2) is 69.2 Å². The molecular formula is C22H28N4O6. The molecule has 0 spiro atoms. The molecule has 0 saturated carbocycles. The Morgan fingerprint density at radius 1 is 1.22 bits per heavy atom. The molecule has 32 heavy (non-hydrogen) atoms. The third-order valence-electron chi connectivity index (χ3n) is 5.11. The van der Waals surface area contributed by atoms with E-state index in [2.05, 4.69) is 9.97 Å². The normalized spacial score (nSPS) is 16.6. The van der Waals surface area contributed by atoms with Crippen LogP contribution in [0.3, 0.4) is 0 Å². The van der Waals surface area contributed by atoms with Crippen LogP contribution in [0.25, 0.3) is 0 Å². The second-order valence-electron chi connectivity index (χ2n) is 8.51. The number of H-pyrrole nitrogens is 1. The quantitative estimate of drug-likeness (QED) is 0.737. The largest absolute Gasteiger partial charge is 0.497 e. The van der Waals surface area contributed by atoms with Gasteiger partial charge in [-0.25, -0.2) is 9.78 Å². The van der Waals surface area contributed by atoms with Crippen molar-refractivity contribution in [2.75, 3.05) is 26.7 Å². The van der Waals surface area contributed by atoms with Gasteiger partial charge in [0.15, 0.2) is 0 Å². The molecule has 2 N–H and O–H groups in total. The number of nitrogens with zero attached hydrogens (tertiary/aromatic N) is 3. The molecule has 0 radical (unpaired) electrons. The van der Waals surface area contributed by atoms with Crippen molar-refractivity contribution < 1.29 is 24.2 Å². The van der Waals surface area contributed by atoms with Crippen LogP contribution in [0.4, 0.5) is 4.79 Å². The van der Waals surface area contributed by atoms with Crippen molar-refractivity contribution in [2.45, 2.75) is 38.8 Å². The number of carbonyl (C=O) groups excluding carboxylic acids is 2. The molecule has 0 bridgehead atoms. The lowest BCUT2D eigenvalue weighted by atomic mass is 10.0. The van der Waals surface area contributed by atoms with E-state index in [1.807, 2.05) is 12.1 Å². The summed E-state index contributed by atoms with van der Waals surface area (Å²) in [7, 11) is 1.56. The fraction of sp³-hybridized carbons (Fsp3) is 0.455. The molecule has 1 saturated heterocycles. The molecule has 1 atom stereocenters. The van der Waals surface area contributed by atoms with Gasteiger partial charge >= 0.3 is 6.09 Å². The summed E-state index contributed by atoms with van der Waals surface area (Å²) >= 11 is 0. The number of benzene rings is 1. The minimum absolute atomic E-state index is 0.0967. The first kappa shape index (κ1) is 23.1. The van der Waals surface area contributed by atoms with E-state index < -0.39 is 29.2 Å². The predicted octanol–water partition coefficient (Wildman–Crippen LogP) is 1.85. The maximum absolute atomic E-state index is 13.2. The number of amides is 2. The van der Waals surface area contributed by atoms with Crippen molar-refractivity contribution in [3.05, 3.63) is 52.1 Å². The highest BCUT2D eigenvalue weighted by Gasteiger charge is 2.35. The van der Waals surface area contributed by atoms with Crippen LogP contribution in [0.1, 0.15) is 37.9 Å². The molecule has 2 amide bonds. The van der Waals surface area contributed by atoms with Gasteiger partial charge < -0.3 is 29.4 Å². The fourth-order valence-electron chi connectivity index (χ4n) is 3.52. The Kier molecular flexibility index (Phi) is 6.71. The number of methoxy groups -OCH3 is 1. The number of hydrogen-bond acceptors (Lipinski definition) is 7. The van der Waals surface area contributed by atoms with Gasteiger partial charge in [0.05, 0.1) is 31.5 Å². The smallest absolute Gasteiger partial charge is 0.410 e. The van der Waals surface area contributed by atoms with E-state index in [1.54, 1.807) is 49.8 Å². The molecule has 1 aromatic carbocycles. The van der Waals surface area contributed by atoms with Gasteiger partial charge in [-0.15, -0.1) is 0 Å². The molecular weight excluding hydrogens is 416 g/mol. The van der Waals surface area contributed by atoms with Crippen LogP contribution in [0.5, 0.6) is 11.6 Å². The minimum Gasteiger partial charge on any atom is -0.497 e. The molecule has 1 fully saturated rings. The van der Waals surface area contributed by atoms with Crippen LogP contribution in [0.2, 0.25) is 0 Å². The van der Waals surface area contributed by atoms with Crippen LogP contribution in [0, 0.1) is 0 Å². The highest BCUT2D eigenvalue weighted by Crippen LogP contribution is 2.29. The first-order valence-electron chi connectivity index (χ1n) is 10.3. The van der Waals surface area contributed by atoms with E-state index in [0.29, 0.717) is 5.75 Å². The molecule has 1 aromatic heterocycles. The highest BCUT2D eigenvalue weighted by molar-refractivity contribution is 5.80. The van der Waals surface area contributed by atoms with Crippen molar-refractivity contribution in [1.82, 2.24) is 19.8 Å². The third kappa shape index (κ3) is 5.37. The van der Waals surface area contributed by atoms with Gasteiger partial charge in [0.1, 0.15) is 11.4 Å². The molecule has 172 valence electrons. The van der Waals surface area contributed by atoms with Crippen LogP contribution in [-0.2, 0) is 16.0 Å². The zero-order valence-electron chi connectivity index (χ0n) is 18.6. The fourth-order valence-corrected chi connectivity index (χ4v) is 3.52. The van der Waals surface area contributed by atoms with Crippen molar-refractivity contribution in [1.29, 1.82) is 0 Å². The standard InChI is InChI=1S/C22H28N4O6/c1-22(2,3)32-21(30)25-9-10-26(17(12-25)14-5-7-15(31-4)8-6-14)18(27)11-16-19(28)23-13-24-20(16)29/h5-8,13,17H,9-12H2,1-4H3,(H2,23,24,28,29). The van der Waals surface area contributed by atoms with E-state index in [1.165, 1.54) is 0 Å². The number of aromatic hydroxyl groups is 1. The van der Waals surface area contributed by atoms with Crippen LogP contribution in [0.15, 0.2) is 35.4 Å². The van der Waals surface area contributed by atoms with Gasteiger partial charge in [-0.05, 0) is 38.5 Å². The van der Waals surface area contributed by atoms with Crippen LogP contribution >= 0.6 is 0 Å². The summed E-state index contributed by atoms with van der Waals surface area (Å²) in [5.41, 5.74) is -0.505. The summed E-state index contributed by atoms with van der Waals surface area (Å²) in [6, 6.07) is 6.75. The summed E-state index contributed by atoms with van der Waals surface area (Å²) < 4.78 is 10.7. The lowest BCUT2D eigenvalue weighted by Gasteiger charge is -2.42. The Bertz CT molecular complexity index is 1030. The molecule has 1 aliphatic rings. The molecule has 2 aromatic rings. The molecule has 2 heterocycles. The van der Waals surface area contributed by atoms with Crippen LogP contribution < -0.4 is 10.3 Å². The number of carbonyl (C=O) groups is 2. The maximum Gasteiger partial charge on any atom is 0.410 e. The first-order chi connectivity index (χ1) is 15.1. The average molecular weight is 444 g/mol. The van der Waals surface area contributed by atoms with Gasteiger partial charge in [0, 0.05) is 19.6 Å². The van der Waals surface area contributed by atoms with Gasteiger partial charge in [-0.2, -0.15) is 0 Å². The summed E-state index contributed by atoms with van der Waals surface area (Å²) in [6.07, 6.45) is 0.309. The molecule has 0 aliphatic carbocycles. The Morgan fingerprint density at radius 2 is 1.91 bits per heavy atom. The summed E-state index contributed by atoms with van der Waals surface area (Å²) in [4.78, 5) is 47.0. The van der Waals surface area contributed by atoms with Gasteiger partial charge in [-0.3, -0.25) is 9.59 Å². The topological polar surface area (TPSA) is 125 Å². The Morgan fingerprint density at radius 3 is 2.50 bits per heavy atom. The van der Waals surface area contributed by atoms with Crippen molar-refractivity contribution in [3.63, 3.8) is 0 Å². The highest BCUT2D eigenvalue weighted by atomic mass is 16.6. The Hall–Kier alpha value is -3.56. The predicted molar refractivity (Wildman–Crippen MR) is 115 cm³/mol. The number of ether oxygens (including phenoxy) is 2. The van der Waals surface area contributed by atoms with Gasteiger partial charge in [-0.1, -0.05) is 12.1 Å². The lowest BCUT2D eigenvalue weighted by Crippen LogP contribution is -2.53. The number of rotatable bonds is 4. The number of aromatic amines is 1. The Labute approximate surface area is 185 Å². The third-order valence-corrected chi connectivity index (χ3v) is 5.11. The zero-order chi connectivity index (χ0) is 23.5. The van der Waals surface area contributed by atoms with Crippen molar-refractivity contribution >= 4 is 12.0 Å². The molecule has 10 heteroatoms. The van der Waals surface area contributed by atoms with E-state index in [-0.39, 0.29) is 37.5 Å². The first-order valence-corrected chi connectivity index (χ1v) is 10.3. The maximum atomic E-state index is 13.2. The van der Waals surface area contributed by atoms with Crippen molar-refractivity contribution in [3.8, 4) is 11.6 Å². The lowest BCUT2D eigenvalue weighted by molar-refractivity contribution is -0.135. The molecule has 3 rings (SSSR count). The van der Waals surface area contributed by atoms with E-state index in [4.69, 9.17) is 9.47 Å². The van der Waals surface area contributed by atoms with E-state index in [9.17, 15) is 19.5 Å². The summed E-state index contributed by atoms with van der Waals surface area (Å²) in [6.45, 7) is 6.13. The number of nitrogens with one attached hydrogen (secondary N) is 1. The van der Waals surface area contributed by atoms with E-state index in [0.717, 1.165) is 11.9 Å². The van der Waals surface area contributed by atoms with Crippen molar-refractivity contribution in [2.24, 2.45) is 0 Å². The second-order valence-corrected chi connectivity index (χ2v) is 8.51. The number of aromatic nitrogens is 2. The second kappa shape index (κ2) is 9.29. The summed E-state index contributed by atoms with van der Waals surface area (Å²) in [5, 5.41) is 9.92. The minimum atomic E-state index is -0.640. The number of piperazine rings is 1. The van der Waals surface area contributed by atoms with Gasteiger partial charge in [0.2, 0.25) is 11.8 Å². The zero-order valence-corrected chi connectivity index (χ0v) is 18.6. The molecule has 10 nitrogen and oxygen atoms in total. The molecule has 1 aliphatic heterocycles. The molecule has 1 unspecified atom stereocenters. The number of hydrogen-bond donors (Lipinski definition) is 2.